The number of nitrogens with zero attached hydrogens (tertiary/aromatic N) is 1. The molecule has 0 aliphatic heterocycles. The molecule has 0 fully saturated rings. The van der Waals surface area contributed by atoms with Gasteiger partial charge in [-0.1, -0.05) is 12.2 Å². The van der Waals surface area contributed by atoms with E-state index in [1.54, 1.807) is 13.0 Å². The maximum atomic E-state index is 13.2. The molecule has 92 valence electrons. The summed E-state index contributed by atoms with van der Waals surface area (Å²) < 4.78 is 13.2. The first-order chi connectivity index (χ1) is 8.06. The summed E-state index contributed by atoms with van der Waals surface area (Å²) in [7, 11) is 1.84. The monoisotopic (exact) mass is 238 g/mol. The molecule has 0 atom stereocenters. The third-order valence-corrected chi connectivity index (χ3v) is 2.44. The smallest absolute Gasteiger partial charge is 0.275 e. The van der Waals surface area contributed by atoms with Gasteiger partial charge in [-0.15, -0.1) is 0 Å². The molecular weight excluding hydrogens is 223 g/mol. The second kappa shape index (κ2) is 6.10. The van der Waals surface area contributed by atoms with Gasteiger partial charge in [0.15, 0.2) is 0 Å². The number of halogens is 1. The van der Waals surface area contributed by atoms with Crippen LogP contribution in [0, 0.1) is 22.9 Å². The summed E-state index contributed by atoms with van der Waals surface area (Å²) in [5.41, 5.74) is 0.850. The van der Waals surface area contributed by atoms with E-state index in [4.69, 9.17) is 0 Å². The average Bonchev–Trinajstić information content (AvgIpc) is 2.28. The van der Waals surface area contributed by atoms with E-state index in [9.17, 15) is 14.5 Å². The fraction of sp³-hybridized carbons (Fsp3) is 0.333. The quantitative estimate of drug-likeness (QED) is 0.487. The molecule has 0 amide bonds. The fourth-order valence-electron chi connectivity index (χ4n) is 1.49. The van der Waals surface area contributed by atoms with Gasteiger partial charge < -0.3 is 5.32 Å². The molecule has 0 aliphatic rings. The maximum Gasteiger partial charge on any atom is 0.275 e. The molecule has 0 saturated carbocycles. The van der Waals surface area contributed by atoms with Gasteiger partial charge in [0.05, 0.1) is 11.0 Å². The Morgan fingerprint density at radius 2 is 2.24 bits per heavy atom. The van der Waals surface area contributed by atoms with Crippen LogP contribution in [0.3, 0.4) is 0 Å². The lowest BCUT2D eigenvalue weighted by Crippen LogP contribution is -2.05. The number of hydrogen-bond acceptors (Lipinski definition) is 3. The first-order valence-electron chi connectivity index (χ1n) is 5.32. The minimum absolute atomic E-state index is 0.182. The second-order valence-corrected chi connectivity index (χ2v) is 3.69. The molecule has 0 heterocycles. The molecule has 0 radical (unpaired) electrons. The molecule has 1 aromatic rings. The summed E-state index contributed by atoms with van der Waals surface area (Å²) >= 11 is 0. The Labute approximate surface area is 99.3 Å². The molecule has 1 N–H and O–H groups in total. The Hall–Kier alpha value is -1.75. The van der Waals surface area contributed by atoms with E-state index in [-0.39, 0.29) is 5.69 Å². The summed E-state index contributed by atoms with van der Waals surface area (Å²) in [6, 6.07) is 2.25. The molecule has 4 nitrogen and oxygen atoms in total. The van der Waals surface area contributed by atoms with Crippen LogP contribution in [0.15, 0.2) is 18.2 Å². The van der Waals surface area contributed by atoms with Gasteiger partial charge in [-0.3, -0.25) is 10.1 Å². The summed E-state index contributed by atoms with van der Waals surface area (Å²) in [6.07, 6.45) is 4.37. The van der Waals surface area contributed by atoms with Crippen molar-refractivity contribution in [2.45, 2.75) is 13.3 Å². The van der Waals surface area contributed by atoms with Gasteiger partial charge >= 0.3 is 0 Å². The number of nitro benzene ring substituents is 1. The lowest BCUT2D eigenvalue weighted by atomic mass is 10.1. The van der Waals surface area contributed by atoms with E-state index < -0.39 is 10.7 Å². The van der Waals surface area contributed by atoms with Gasteiger partial charge in [0.25, 0.3) is 5.69 Å². The molecule has 0 saturated heterocycles. The van der Waals surface area contributed by atoms with Crippen LogP contribution in [-0.2, 0) is 0 Å². The third-order valence-electron chi connectivity index (χ3n) is 2.44. The summed E-state index contributed by atoms with van der Waals surface area (Å²) in [5.74, 6) is -0.587. The first kappa shape index (κ1) is 13.3. The normalized spacial score (nSPS) is 11.0. The summed E-state index contributed by atoms with van der Waals surface area (Å²) in [5, 5.41) is 13.7. The van der Waals surface area contributed by atoms with Gasteiger partial charge in [0.1, 0.15) is 5.82 Å². The van der Waals surface area contributed by atoms with Gasteiger partial charge in [0, 0.05) is 5.56 Å². The van der Waals surface area contributed by atoms with E-state index in [0.717, 1.165) is 19.0 Å². The average molecular weight is 238 g/mol. The van der Waals surface area contributed by atoms with E-state index in [2.05, 4.69) is 5.32 Å². The van der Waals surface area contributed by atoms with Crippen LogP contribution in [0.2, 0.25) is 0 Å². The van der Waals surface area contributed by atoms with Crippen LogP contribution in [0.1, 0.15) is 17.5 Å². The van der Waals surface area contributed by atoms with Crippen molar-refractivity contribution < 1.29 is 9.31 Å². The number of rotatable bonds is 5. The van der Waals surface area contributed by atoms with Crippen molar-refractivity contribution in [3.63, 3.8) is 0 Å². The molecule has 1 rings (SSSR count). The standard InChI is InChI=1S/C12H15FN2O2/c1-9-10(5-3-4-6-14-2)7-11(13)8-12(9)15(16)17/h3,5,7-8,14H,4,6H2,1-2H3. The number of nitro groups is 1. The van der Waals surface area contributed by atoms with E-state index in [0.29, 0.717) is 11.1 Å². The van der Waals surface area contributed by atoms with Crippen molar-refractivity contribution in [2.75, 3.05) is 13.6 Å². The van der Waals surface area contributed by atoms with Crippen molar-refractivity contribution in [2.24, 2.45) is 0 Å². The van der Waals surface area contributed by atoms with E-state index in [1.807, 2.05) is 13.1 Å². The third kappa shape index (κ3) is 3.64. The van der Waals surface area contributed by atoms with Crippen molar-refractivity contribution in [3.8, 4) is 0 Å². The Kier molecular flexibility index (Phi) is 4.78. The molecule has 0 bridgehead atoms. The highest BCUT2D eigenvalue weighted by Crippen LogP contribution is 2.24. The van der Waals surface area contributed by atoms with Gasteiger partial charge in [-0.25, -0.2) is 4.39 Å². The topological polar surface area (TPSA) is 55.2 Å². The van der Waals surface area contributed by atoms with Gasteiger partial charge in [-0.05, 0) is 38.6 Å². The SMILES string of the molecule is CNCCC=Cc1cc(F)cc([N+](=O)[O-])c1C. The van der Waals surface area contributed by atoms with Crippen LogP contribution in [0.4, 0.5) is 10.1 Å². The van der Waals surface area contributed by atoms with Crippen molar-refractivity contribution in [1.29, 1.82) is 0 Å². The first-order valence-corrected chi connectivity index (χ1v) is 5.32. The van der Waals surface area contributed by atoms with Gasteiger partial charge in [-0.2, -0.15) is 0 Å². The second-order valence-electron chi connectivity index (χ2n) is 3.69. The Morgan fingerprint density at radius 3 is 2.82 bits per heavy atom. The number of hydrogen-bond donors (Lipinski definition) is 1. The maximum absolute atomic E-state index is 13.2. The lowest BCUT2D eigenvalue weighted by molar-refractivity contribution is -0.385. The predicted octanol–water partition coefficient (Wildman–Crippen LogP) is 2.67. The highest BCUT2D eigenvalue weighted by Gasteiger charge is 2.14. The molecule has 0 spiro atoms. The van der Waals surface area contributed by atoms with Crippen LogP contribution < -0.4 is 5.32 Å². The summed E-state index contributed by atoms with van der Waals surface area (Å²) in [6.45, 7) is 2.43. The highest BCUT2D eigenvalue weighted by atomic mass is 19.1. The number of nitrogens with one attached hydrogen (secondary N) is 1. The van der Waals surface area contributed by atoms with E-state index in [1.165, 1.54) is 6.07 Å². The lowest BCUT2D eigenvalue weighted by Gasteiger charge is -2.02. The molecule has 0 aromatic heterocycles. The Morgan fingerprint density at radius 1 is 1.53 bits per heavy atom. The summed E-state index contributed by atoms with van der Waals surface area (Å²) in [4.78, 5) is 10.1. The molecule has 0 aliphatic carbocycles. The van der Waals surface area contributed by atoms with Gasteiger partial charge in [0.2, 0.25) is 0 Å². The van der Waals surface area contributed by atoms with Crippen LogP contribution in [0.5, 0.6) is 0 Å². The van der Waals surface area contributed by atoms with E-state index >= 15 is 0 Å². The van der Waals surface area contributed by atoms with Crippen LogP contribution >= 0.6 is 0 Å². The predicted molar refractivity (Wildman–Crippen MR) is 65.4 cm³/mol. The molecule has 0 unspecified atom stereocenters. The highest BCUT2D eigenvalue weighted by molar-refractivity contribution is 5.59. The molecule has 17 heavy (non-hydrogen) atoms. The van der Waals surface area contributed by atoms with Crippen molar-refractivity contribution >= 4 is 11.8 Å². The largest absolute Gasteiger partial charge is 0.319 e. The van der Waals surface area contributed by atoms with Crippen molar-refractivity contribution in [3.05, 3.63) is 45.3 Å². The zero-order valence-electron chi connectivity index (χ0n) is 9.87. The Balaban J connectivity index is 2.99. The molecular formula is C12H15FN2O2. The zero-order valence-corrected chi connectivity index (χ0v) is 9.87. The molecule has 5 heteroatoms. The Bertz CT molecular complexity index is 444. The van der Waals surface area contributed by atoms with Crippen LogP contribution in [0.25, 0.3) is 6.08 Å². The molecule has 1 aromatic carbocycles. The van der Waals surface area contributed by atoms with Crippen LogP contribution in [-0.4, -0.2) is 18.5 Å². The zero-order chi connectivity index (χ0) is 12.8. The number of benzene rings is 1. The van der Waals surface area contributed by atoms with Crippen molar-refractivity contribution in [1.82, 2.24) is 5.32 Å². The fourth-order valence-corrected chi connectivity index (χ4v) is 1.49. The minimum atomic E-state index is -0.587. The minimum Gasteiger partial charge on any atom is -0.319 e.